The molecule has 6 nitrogen and oxygen atoms in total. The number of thioether (sulfide) groups is 1. The third kappa shape index (κ3) is 3.66. The van der Waals surface area contributed by atoms with Crippen LogP contribution in [-0.4, -0.2) is 48.1 Å². The molecular formula is C18H18N2O4S2. The molecule has 136 valence electrons. The number of hydrogen-bond donors (Lipinski definition) is 0. The van der Waals surface area contributed by atoms with E-state index < -0.39 is 0 Å². The zero-order chi connectivity index (χ0) is 17.9. The summed E-state index contributed by atoms with van der Waals surface area (Å²) < 4.78 is 11.2. The Kier molecular flexibility index (Phi) is 5.03. The van der Waals surface area contributed by atoms with Gasteiger partial charge in [0, 0.05) is 16.6 Å². The predicted octanol–water partition coefficient (Wildman–Crippen LogP) is 2.59. The molecule has 0 radical (unpaired) electrons. The molecular weight excluding hydrogens is 372 g/mol. The highest BCUT2D eigenvalue weighted by Gasteiger charge is 2.27. The number of nitrogens with zero attached hydrogens (tertiary/aromatic N) is 2. The van der Waals surface area contributed by atoms with Gasteiger partial charge in [-0.25, -0.2) is 0 Å². The zero-order valence-electron chi connectivity index (χ0n) is 14.1. The highest BCUT2D eigenvalue weighted by atomic mass is 32.2. The molecule has 0 aliphatic carbocycles. The number of carbonyl (C=O) groups excluding carboxylic acids is 2. The highest BCUT2D eigenvalue weighted by Crippen LogP contribution is 2.35. The minimum Gasteiger partial charge on any atom is -0.486 e. The van der Waals surface area contributed by atoms with E-state index in [4.69, 9.17) is 9.47 Å². The summed E-state index contributed by atoms with van der Waals surface area (Å²) in [6.07, 6.45) is 0. The summed E-state index contributed by atoms with van der Waals surface area (Å²) in [6, 6.07) is 9.49. The summed E-state index contributed by atoms with van der Waals surface area (Å²) in [7, 11) is 0. The lowest BCUT2D eigenvalue weighted by Gasteiger charge is -2.26. The Bertz CT molecular complexity index is 810. The molecule has 2 aliphatic rings. The number of thiophene rings is 1. The molecule has 4 rings (SSSR count). The number of hydrogen-bond acceptors (Lipinski definition) is 6. The first-order valence-electron chi connectivity index (χ1n) is 8.28. The number of carbonyl (C=O) groups is 2. The molecule has 8 heteroatoms. The van der Waals surface area contributed by atoms with Crippen LogP contribution in [-0.2, 0) is 16.1 Å². The minimum absolute atomic E-state index is 0.0154. The molecule has 0 atom stereocenters. The van der Waals surface area contributed by atoms with Gasteiger partial charge in [-0.3, -0.25) is 9.59 Å². The van der Waals surface area contributed by atoms with Gasteiger partial charge in [-0.1, -0.05) is 6.07 Å². The van der Waals surface area contributed by atoms with Gasteiger partial charge in [0.15, 0.2) is 11.5 Å². The Hall–Kier alpha value is -2.19. The van der Waals surface area contributed by atoms with Gasteiger partial charge >= 0.3 is 0 Å². The summed E-state index contributed by atoms with van der Waals surface area (Å²) in [5.41, 5.74) is 0.743. The number of ether oxygens (including phenoxy) is 2. The maximum Gasteiger partial charge on any atom is 0.246 e. The molecule has 26 heavy (non-hydrogen) atoms. The average molecular weight is 390 g/mol. The second-order valence-electron chi connectivity index (χ2n) is 5.96. The molecule has 1 aromatic heterocycles. The third-order valence-corrected chi connectivity index (χ3v) is 5.99. The van der Waals surface area contributed by atoms with Crippen LogP contribution >= 0.6 is 23.1 Å². The number of anilines is 1. The van der Waals surface area contributed by atoms with E-state index >= 15 is 0 Å². The van der Waals surface area contributed by atoms with E-state index in [0.29, 0.717) is 42.9 Å². The van der Waals surface area contributed by atoms with Crippen LogP contribution < -0.4 is 14.4 Å². The second-order valence-corrected chi connectivity index (χ2v) is 7.94. The van der Waals surface area contributed by atoms with Crippen molar-refractivity contribution in [2.24, 2.45) is 0 Å². The topological polar surface area (TPSA) is 59.1 Å². The monoisotopic (exact) mass is 390 g/mol. The first-order valence-corrected chi connectivity index (χ1v) is 10.3. The van der Waals surface area contributed by atoms with Crippen LogP contribution in [0, 0.1) is 0 Å². The summed E-state index contributed by atoms with van der Waals surface area (Å²) in [5, 5.41) is 1.99. The fraction of sp³-hybridized carbons (Fsp3) is 0.333. The van der Waals surface area contributed by atoms with Crippen LogP contribution in [0.4, 0.5) is 5.69 Å². The number of amides is 2. The SMILES string of the molecule is O=C1CSCN1CC(=O)N(Cc1cccs1)c1ccc2c(c1)OCCO2. The molecule has 0 N–H and O–H groups in total. The van der Waals surface area contributed by atoms with E-state index in [1.165, 1.54) is 11.8 Å². The van der Waals surface area contributed by atoms with Crippen LogP contribution in [0.3, 0.4) is 0 Å². The largest absolute Gasteiger partial charge is 0.486 e. The van der Waals surface area contributed by atoms with Crippen LogP contribution in [0.5, 0.6) is 11.5 Å². The smallest absolute Gasteiger partial charge is 0.246 e. The predicted molar refractivity (Wildman–Crippen MR) is 102 cm³/mol. The summed E-state index contributed by atoms with van der Waals surface area (Å²) in [6.45, 7) is 1.57. The second kappa shape index (κ2) is 7.59. The van der Waals surface area contributed by atoms with Crippen molar-refractivity contribution in [1.82, 2.24) is 4.90 Å². The zero-order valence-corrected chi connectivity index (χ0v) is 15.7. The van der Waals surface area contributed by atoms with Gasteiger partial charge < -0.3 is 19.3 Å². The van der Waals surface area contributed by atoms with Crippen LogP contribution in [0.15, 0.2) is 35.7 Å². The van der Waals surface area contributed by atoms with Crippen molar-refractivity contribution in [2.75, 3.05) is 36.3 Å². The molecule has 2 amide bonds. The fourth-order valence-corrected chi connectivity index (χ4v) is 4.47. The molecule has 3 heterocycles. The van der Waals surface area contributed by atoms with Crippen molar-refractivity contribution in [3.05, 3.63) is 40.6 Å². The van der Waals surface area contributed by atoms with E-state index in [1.54, 1.807) is 21.1 Å². The number of fused-ring (bicyclic) bond motifs is 1. The average Bonchev–Trinajstić information content (AvgIpc) is 3.31. The maximum absolute atomic E-state index is 13.0. The Morgan fingerprint density at radius 2 is 2.04 bits per heavy atom. The highest BCUT2D eigenvalue weighted by molar-refractivity contribution is 8.00. The van der Waals surface area contributed by atoms with Gasteiger partial charge in [-0.05, 0) is 23.6 Å². The normalized spacial score (nSPS) is 16.0. The lowest BCUT2D eigenvalue weighted by Crippen LogP contribution is -2.40. The van der Waals surface area contributed by atoms with E-state index in [0.717, 1.165) is 10.6 Å². The van der Waals surface area contributed by atoms with E-state index in [-0.39, 0.29) is 18.4 Å². The number of benzene rings is 1. The molecule has 1 fully saturated rings. The van der Waals surface area contributed by atoms with E-state index in [9.17, 15) is 9.59 Å². The van der Waals surface area contributed by atoms with E-state index in [2.05, 4.69) is 0 Å². The molecule has 0 saturated carbocycles. The maximum atomic E-state index is 13.0. The standard InChI is InChI=1S/C18H18N2O4S2/c21-17(10-19-12-25-11-18(19)22)20(9-14-2-1-7-26-14)13-3-4-15-16(8-13)24-6-5-23-15/h1-4,7-8H,5-6,9-12H2. The molecule has 0 unspecified atom stereocenters. The Morgan fingerprint density at radius 1 is 1.19 bits per heavy atom. The van der Waals surface area contributed by atoms with Crippen molar-refractivity contribution in [3.8, 4) is 11.5 Å². The van der Waals surface area contributed by atoms with Crippen molar-refractivity contribution in [3.63, 3.8) is 0 Å². The summed E-state index contributed by atoms with van der Waals surface area (Å²) in [5.74, 6) is 2.26. The minimum atomic E-state index is -0.106. The van der Waals surface area contributed by atoms with Gasteiger partial charge in [0.25, 0.3) is 0 Å². The van der Waals surface area contributed by atoms with Gasteiger partial charge in [-0.15, -0.1) is 23.1 Å². The molecule has 0 bridgehead atoms. The quantitative estimate of drug-likeness (QED) is 0.785. The van der Waals surface area contributed by atoms with Crippen molar-refractivity contribution in [2.45, 2.75) is 6.54 Å². The van der Waals surface area contributed by atoms with Gasteiger partial charge in [-0.2, -0.15) is 0 Å². The molecule has 2 aromatic rings. The lowest BCUT2D eigenvalue weighted by molar-refractivity contribution is -0.131. The van der Waals surface area contributed by atoms with Gasteiger partial charge in [0.1, 0.15) is 19.8 Å². The molecule has 0 spiro atoms. The van der Waals surface area contributed by atoms with Crippen LogP contribution in [0.25, 0.3) is 0 Å². The first kappa shape index (κ1) is 17.2. The van der Waals surface area contributed by atoms with Gasteiger partial charge in [0.2, 0.25) is 11.8 Å². The van der Waals surface area contributed by atoms with Crippen molar-refractivity contribution < 1.29 is 19.1 Å². The molecule has 1 saturated heterocycles. The van der Waals surface area contributed by atoms with Crippen molar-refractivity contribution in [1.29, 1.82) is 0 Å². The van der Waals surface area contributed by atoms with Gasteiger partial charge in [0.05, 0.1) is 18.2 Å². The number of rotatable bonds is 5. The Morgan fingerprint density at radius 3 is 2.77 bits per heavy atom. The van der Waals surface area contributed by atoms with Crippen LogP contribution in [0.1, 0.15) is 4.88 Å². The lowest BCUT2D eigenvalue weighted by atomic mass is 10.2. The summed E-state index contributed by atoms with van der Waals surface area (Å²) >= 11 is 3.14. The fourth-order valence-electron chi connectivity index (χ4n) is 2.87. The van der Waals surface area contributed by atoms with Crippen LogP contribution in [0.2, 0.25) is 0 Å². The van der Waals surface area contributed by atoms with E-state index in [1.807, 2.05) is 35.7 Å². The third-order valence-electron chi connectivity index (χ3n) is 4.18. The van der Waals surface area contributed by atoms with Crippen molar-refractivity contribution >= 4 is 40.6 Å². The Labute approximate surface area is 159 Å². The summed E-state index contributed by atoms with van der Waals surface area (Å²) in [4.78, 5) is 29.3. The Balaban J connectivity index is 1.59. The molecule has 1 aromatic carbocycles. The molecule has 2 aliphatic heterocycles. The first-order chi connectivity index (χ1) is 12.7.